The van der Waals surface area contributed by atoms with Crippen LogP contribution in [-0.4, -0.2) is 26.4 Å². The van der Waals surface area contributed by atoms with Crippen LogP contribution in [-0.2, 0) is 22.6 Å². The van der Waals surface area contributed by atoms with Gasteiger partial charge in [-0.05, 0) is 62.1 Å². The third kappa shape index (κ3) is 4.93. The maximum Gasteiger partial charge on any atom is 0.227 e. The summed E-state index contributed by atoms with van der Waals surface area (Å²) < 4.78 is 1.88. The second-order valence-electron chi connectivity index (χ2n) is 8.79. The van der Waals surface area contributed by atoms with E-state index in [0.29, 0.717) is 19.4 Å². The van der Waals surface area contributed by atoms with Crippen LogP contribution in [0.1, 0.15) is 49.2 Å². The zero-order valence-corrected chi connectivity index (χ0v) is 20.2. The molecule has 2 N–H and O–H groups in total. The second kappa shape index (κ2) is 10.0. The SMILES string of the molecule is CCC(C)C(=O)Nc1cccc(CNC(=O)CCc2c(C)nc3c4ccccc4nn3c2C)c1. The van der Waals surface area contributed by atoms with E-state index in [1.54, 1.807) is 0 Å². The molecule has 2 aromatic heterocycles. The van der Waals surface area contributed by atoms with Crippen molar-refractivity contribution in [2.24, 2.45) is 5.92 Å². The van der Waals surface area contributed by atoms with E-state index < -0.39 is 0 Å². The molecule has 0 fully saturated rings. The standard InChI is InChI=1S/C27H31N5O2/c1-5-17(2)27(34)30-21-10-8-9-20(15-21)16-28-25(33)14-13-22-18(3)29-26-23-11-6-7-12-24(23)31-32(26)19(22)4/h6-12,15,17H,5,13-14,16H2,1-4H3,(H,28,33)(H,30,34). The number of nitrogens with one attached hydrogen (secondary N) is 2. The molecule has 0 aliphatic heterocycles. The largest absolute Gasteiger partial charge is 0.352 e. The summed E-state index contributed by atoms with van der Waals surface area (Å²) in [5, 5.41) is 11.6. The minimum atomic E-state index is -0.0379. The Labute approximate surface area is 199 Å². The number of anilines is 1. The average molecular weight is 458 g/mol. The van der Waals surface area contributed by atoms with Crippen LogP contribution in [0.2, 0.25) is 0 Å². The third-order valence-corrected chi connectivity index (χ3v) is 6.36. The summed E-state index contributed by atoms with van der Waals surface area (Å²) in [6, 6.07) is 15.6. The number of hydrogen-bond acceptors (Lipinski definition) is 4. The first-order valence-corrected chi connectivity index (χ1v) is 11.8. The van der Waals surface area contributed by atoms with Crippen LogP contribution in [0, 0.1) is 19.8 Å². The highest BCUT2D eigenvalue weighted by Gasteiger charge is 2.15. The van der Waals surface area contributed by atoms with Crippen LogP contribution in [0.5, 0.6) is 0 Å². The maximum absolute atomic E-state index is 12.6. The lowest BCUT2D eigenvalue weighted by molar-refractivity contribution is -0.121. The number of rotatable bonds is 8. The van der Waals surface area contributed by atoms with Gasteiger partial charge in [-0.2, -0.15) is 5.10 Å². The number of benzene rings is 2. The lowest BCUT2D eigenvalue weighted by Gasteiger charge is -2.12. The predicted octanol–water partition coefficient (Wildman–Crippen LogP) is 4.73. The molecule has 0 spiro atoms. The van der Waals surface area contributed by atoms with Crippen LogP contribution < -0.4 is 10.6 Å². The Morgan fingerprint density at radius 2 is 1.88 bits per heavy atom. The normalized spacial score (nSPS) is 12.1. The Morgan fingerprint density at radius 3 is 2.68 bits per heavy atom. The van der Waals surface area contributed by atoms with Crippen molar-refractivity contribution in [2.75, 3.05) is 5.32 Å². The fourth-order valence-corrected chi connectivity index (χ4v) is 4.08. The van der Waals surface area contributed by atoms with E-state index in [4.69, 9.17) is 4.98 Å². The summed E-state index contributed by atoms with van der Waals surface area (Å²) in [4.78, 5) is 29.5. The van der Waals surface area contributed by atoms with Gasteiger partial charge in [-0.25, -0.2) is 9.50 Å². The molecule has 34 heavy (non-hydrogen) atoms. The zero-order valence-electron chi connectivity index (χ0n) is 20.2. The average Bonchev–Trinajstić information content (AvgIpc) is 3.21. The van der Waals surface area contributed by atoms with E-state index in [1.807, 2.05) is 80.7 Å². The molecule has 1 unspecified atom stereocenters. The van der Waals surface area contributed by atoms with Crippen molar-refractivity contribution in [3.63, 3.8) is 0 Å². The molecule has 0 radical (unpaired) electrons. The van der Waals surface area contributed by atoms with Crippen molar-refractivity contribution in [3.8, 4) is 0 Å². The van der Waals surface area contributed by atoms with Gasteiger partial charge in [-0.1, -0.05) is 38.1 Å². The fourth-order valence-electron chi connectivity index (χ4n) is 4.08. The highest BCUT2D eigenvalue weighted by molar-refractivity contribution is 5.93. The monoisotopic (exact) mass is 457 g/mol. The Balaban J connectivity index is 1.39. The van der Waals surface area contributed by atoms with Crippen molar-refractivity contribution >= 4 is 34.1 Å². The molecule has 176 valence electrons. The predicted molar refractivity (Wildman–Crippen MR) is 135 cm³/mol. The first-order valence-electron chi connectivity index (χ1n) is 11.8. The summed E-state index contributed by atoms with van der Waals surface area (Å²) in [6.45, 7) is 8.32. The van der Waals surface area contributed by atoms with Crippen molar-refractivity contribution in [1.82, 2.24) is 19.9 Å². The highest BCUT2D eigenvalue weighted by atomic mass is 16.2. The highest BCUT2D eigenvalue weighted by Crippen LogP contribution is 2.23. The topological polar surface area (TPSA) is 88.4 Å². The van der Waals surface area contributed by atoms with Crippen LogP contribution in [0.25, 0.3) is 16.6 Å². The minimum absolute atomic E-state index is 0.00471. The van der Waals surface area contributed by atoms with Crippen LogP contribution in [0.4, 0.5) is 5.69 Å². The van der Waals surface area contributed by atoms with E-state index in [0.717, 1.165) is 51.2 Å². The van der Waals surface area contributed by atoms with Gasteiger partial charge >= 0.3 is 0 Å². The number of fused-ring (bicyclic) bond motifs is 3. The van der Waals surface area contributed by atoms with Gasteiger partial charge in [-0.3, -0.25) is 9.59 Å². The third-order valence-electron chi connectivity index (χ3n) is 6.36. The van der Waals surface area contributed by atoms with Gasteiger partial charge in [-0.15, -0.1) is 0 Å². The molecule has 7 heteroatoms. The summed E-state index contributed by atoms with van der Waals surface area (Å²) in [7, 11) is 0. The number of aryl methyl sites for hydroxylation is 2. The van der Waals surface area contributed by atoms with E-state index in [9.17, 15) is 9.59 Å². The quantitative estimate of drug-likeness (QED) is 0.400. The fraction of sp³-hybridized carbons (Fsp3) is 0.333. The molecule has 2 amide bonds. The van der Waals surface area contributed by atoms with Crippen LogP contribution >= 0.6 is 0 Å². The van der Waals surface area contributed by atoms with Crippen molar-refractivity contribution < 1.29 is 9.59 Å². The van der Waals surface area contributed by atoms with Gasteiger partial charge in [0.2, 0.25) is 11.8 Å². The Morgan fingerprint density at radius 1 is 1.09 bits per heavy atom. The van der Waals surface area contributed by atoms with E-state index in [1.165, 1.54) is 0 Å². The summed E-state index contributed by atoms with van der Waals surface area (Å²) in [5.74, 6) is -0.0623. The molecule has 7 nitrogen and oxygen atoms in total. The smallest absolute Gasteiger partial charge is 0.227 e. The zero-order chi connectivity index (χ0) is 24.2. The molecule has 0 saturated heterocycles. The van der Waals surface area contributed by atoms with Crippen molar-refractivity contribution in [1.29, 1.82) is 0 Å². The van der Waals surface area contributed by atoms with Gasteiger partial charge in [0.1, 0.15) is 0 Å². The molecule has 2 heterocycles. The molecular formula is C27H31N5O2. The number of amides is 2. The number of aromatic nitrogens is 3. The summed E-state index contributed by atoms with van der Waals surface area (Å²) >= 11 is 0. The van der Waals surface area contributed by atoms with Crippen molar-refractivity contribution in [3.05, 3.63) is 71.0 Å². The Kier molecular flexibility index (Phi) is 6.91. The van der Waals surface area contributed by atoms with Gasteiger partial charge in [0.25, 0.3) is 0 Å². The number of hydrogen-bond donors (Lipinski definition) is 2. The maximum atomic E-state index is 12.6. The molecule has 1 atom stereocenters. The van der Waals surface area contributed by atoms with E-state index in [2.05, 4.69) is 15.7 Å². The first kappa shape index (κ1) is 23.4. The molecule has 0 bridgehead atoms. The Hall–Kier alpha value is -3.74. The molecule has 0 aliphatic carbocycles. The molecular weight excluding hydrogens is 426 g/mol. The van der Waals surface area contributed by atoms with Gasteiger partial charge in [0, 0.05) is 41.3 Å². The van der Waals surface area contributed by atoms with Gasteiger partial charge in [0.05, 0.1) is 5.52 Å². The molecule has 4 aromatic rings. The summed E-state index contributed by atoms with van der Waals surface area (Å²) in [5.41, 5.74) is 6.42. The molecule has 4 rings (SSSR count). The lowest BCUT2D eigenvalue weighted by atomic mass is 10.1. The molecule has 0 saturated carbocycles. The second-order valence-corrected chi connectivity index (χ2v) is 8.79. The number of carbonyl (C=O) groups excluding carboxylic acids is 2. The lowest BCUT2D eigenvalue weighted by Crippen LogP contribution is -2.24. The minimum Gasteiger partial charge on any atom is -0.352 e. The summed E-state index contributed by atoms with van der Waals surface area (Å²) in [6.07, 6.45) is 1.74. The first-order chi connectivity index (χ1) is 16.4. The van der Waals surface area contributed by atoms with Crippen LogP contribution in [0.3, 0.4) is 0 Å². The van der Waals surface area contributed by atoms with Gasteiger partial charge in [0.15, 0.2) is 5.65 Å². The number of carbonyl (C=O) groups is 2. The van der Waals surface area contributed by atoms with Crippen molar-refractivity contribution in [2.45, 2.75) is 53.5 Å². The number of nitrogens with zero attached hydrogens (tertiary/aromatic N) is 3. The molecule has 2 aromatic carbocycles. The van der Waals surface area contributed by atoms with E-state index in [-0.39, 0.29) is 17.7 Å². The van der Waals surface area contributed by atoms with Gasteiger partial charge < -0.3 is 10.6 Å². The van der Waals surface area contributed by atoms with Crippen LogP contribution in [0.15, 0.2) is 48.5 Å². The molecule has 0 aliphatic rings. The Bertz CT molecular complexity index is 1360. The van der Waals surface area contributed by atoms with E-state index >= 15 is 0 Å².